The van der Waals surface area contributed by atoms with Crippen LogP contribution in [-0.4, -0.2) is 76.9 Å². The van der Waals surface area contributed by atoms with Crippen molar-refractivity contribution in [1.82, 2.24) is 0 Å². The number of allylic oxidation sites excluding steroid dienone is 10. The van der Waals surface area contributed by atoms with Crippen molar-refractivity contribution in [3.8, 4) is 0 Å². The molecule has 0 saturated heterocycles. The van der Waals surface area contributed by atoms with E-state index in [4.69, 9.17) is 19.1 Å². The third kappa shape index (κ3) is 38.3. The van der Waals surface area contributed by atoms with Gasteiger partial charge in [0.2, 0.25) is 0 Å². The second kappa shape index (κ2) is 37.9. The highest BCUT2D eigenvalue weighted by Crippen LogP contribution is 2.43. The summed E-state index contributed by atoms with van der Waals surface area (Å²) in [5, 5.41) is 28.1. The number of rotatable bonds is 37. The number of aliphatic hydroxyl groups excluding tert-OH is 3. The Morgan fingerprint density at radius 1 is 0.661 bits per heavy atom. The second-order valence-electron chi connectivity index (χ2n) is 14.3. The summed E-state index contributed by atoms with van der Waals surface area (Å²) in [5.74, 6) is -0.274. The molecule has 0 spiro atoms. The Balaban J connectivity index is 4.48. The maximum absolute atomic E-state index is 12.6. The lowest BCUT2D eigenvalue weighted by Gasteiger charge is -2.20. The van der Waals surface area contributed by atoms with Crippen LogP contribution in [0.15, 0.2) is 72.9 Å². The van der Waals surface area contributed by atoms with Gasteiger partial charge in [0.25, 0.3) is 0 Å². The van der Waals surface area contributed by atoms with Crippen molar-refractivity contribution in [3.05, 3.63) is 72.9 Å². The number of hydrogen-bond donors (Lipinski definition) is 4. The zero-order chi connectivity index (χ0) is 41.5. The Morgan fingerprint density at radius 2 is 1.23 bits per heavy atom. The highest BCUT2D eigenvalue weighted by Gasteiger charge is 2.27. The summed E-state index contributed by atoms with van der Waals surface area (Å²) in [7, 11) is -4.64. The van der Waals surface area contributed by atoms with Gasteiger partial charge in [0.15, 0.2) is 6.10 Å². The van der Waals surface area contributed by atoms with Crippen molar-refractivity contribution in [3.63, 3.8) is 0 Å². The van der Waals surface area contributed by atoms with Crippen molar-refractivity contribution in [2.45, 2.75) is 161 Å². The summed E-state index contributed by atoms with van der Waals surface area (Å²) in [6.07, 6.45) is 38.0. The number of phosphoric ester groups is 1. The first-order valence-corrected chi connectivity index (χ1v) is 22.4. The molecule has 12 heteroatoms. The first kappa shape index (κ1) is 53.4. The number of hydrogen-bond acceptors (Lipinski definition) is 10. The molecule has 0 rings (SSSR count). The van der Waals surface area contributed by atoms with E-state index in [0.717, 1.165) is 50.9 Å². The number of carbonyl (C=O) groups excluding carboxylic acids is 2. The molecule has 0 aromatic carbocycles. The van der Waals surface area contributed by atoms with E-state index in [0.29, 0.717) is 19.3 Å². The number of unbranched alkanes of at least 4 members (excludes halogenated alkanes) is 9. The van der Waals surface area contributed by atoms with E-state index < -0.39 is 57.9 Å². The van der Waals surface area contributed by atoms with Crippen molar-refractivity contribution >= 4 is 19.8 Å². The van der Waals surface area contributed by atoms with Crippen LogP contribution in [0.5, 0.6) is 0 Å². The van der Waals surface area contributed by atoms with Crippen molar-refractivity contribution in [2.75, 3.05) is 26.4 Å². The van der Waals surface area contributed by atoms with E-state index in [9.17, 15) is 29.3 Å². The molecule has 0 heterocycles. The molecule has 0 amide bonds. The molecule has 0 fully saturated rings. The zero-order valence-corrected chi connectivity index (χ0v) is 35.5. The van der Waals surface area contributed by atoms with Crippen LogP contribution in [0.4, 0.5) is 0 Å². The number of ether oxygens (including phenoxy) is 2. The van der Waals surface area contributed by atoms with E-state index >= 15 is 0 Å². The molecule has 0 bridgehead atoms. The Hall–Kier alpha value is -2.63. The molecule has 11 nitrogen and oxygen atoms in total. The maximum Gasteiger partial charge on any atom is 0.472 e. The zero-order valence-electron chi connectivity index (χ0n) is 34.6. The van der Waals surface area contributed by atoms with Gasteiger partial charge in [-0.15, -0.1) is 0 Å². The van der Waals surface area contributed by atoms with E-state index in [2.05, 4.69) is 43.5 Å². The van der Waals surface area contributed by atoms with Crippen molar-refractivity contribution in [1.29, 1.82) is 0 Å². The van der Waals surface area contributed by atoms with Gasteiger partial charge in [-0.1, -0.05) is 158 Å². The fraction of sp³-hybridized carbons (Fsp3) is 0.682. The molecule has 0 aromatic heterocycles. The molecule has 0 saturated carbocycles. The van der Waals surface area contributed by atoms with Crippen LogP contribution >= 0.6 is 7.82 Å². The van der Waals surface area contributed by atoms with Gasteiger partial charge in [-0.25, -0.2) is 4.57 Å². The molecule has 4 atom stereocenters. The van der Waals surface area contributed by atoms with Crippen LogP contribution in [0.25, 0.3) is 0 Å². The average molecular weight is 811 g/mol. The standard InChI is InChI=1S/C44H75O11P/c1-4-5-25-31-40(46)32-27-22-18-14-9-7-6-8-10-15-19-23-28-33-43(48)52-37-42(38-54-56(50,51)53-36-41(47)35-45)55-44(49)34-29-24-20-16-12-11-13-17-21-26-30-39(2)3/h5,7-10,18-19,22-23,25,27,32,39-42,45-47H,4,6,11-17,20-21,24,26,28-31,33-38H2,1-3H3,(H,50,51)/b9-7-,10-8-,22-18+,23-19-,25-5-,32-27+/t40?,41-,42+/m0/s1. The van der Waals surface area contributed by atoms with Crippen LogP contribution in [0.2, 0.25) is 0 Å². The Morgan fingerprint density at radius 3 is 1.84 bits per heavy atom. The molecule has 0 aromatic rings. The van der Waals surface area contributed by atoms with Gasteiger partial charge in [-0.05, 0) is 50.9 Å². The molecule has 0 aliphatic rings. The molecule has 322 valence electrons. The normalized spacial score (nSPS) is 15.3. The first-order chi connectivity index (χ1) is 27.0. The SMILES string of the molecule is CC/C=C\CC(O)/C=C/C=C/C/C=C\C/C=C\C/C=C\CCC(=O)OC[C@H](COP(=O)(O)OC[C@@H](O)CO)OC(=O)CCCCCCCCCCCCC(C)C. The van der Waals surface area contributed by atoms with Gasteiger partial charge in [-0.3, -0.25) is 18.6 Å². The lowest BCUT2D eigenvalue weighted by molar-refractivity contribution is -0.161. The van der Waals surface area contributed by atoms with E-state index in [-0.39, 0.29) is 19.4 Å². The smallest absolute Gasteiger partial charge is 0.462 e. The number of aliphatic hydroxyl groups is 3. The topological polar surface area (TPSA) is 169 Å². The van der Waals surface area contributed by atoms with Crippen LogP contribution in [-0.2, 0) is 32.7 Å². The lowest BCUT2D eigenvalue weighted by Crippen LogP contribution is -2.29. The fourth-order valence-electron chi connectivity index (χ4n) is 5.17. The maximum atomic E-state index is 12.6. The summed E-state index contributed by atoms with van der Waals surface area (Å²) in [6, 6.07) is 0. The third-order valence-corrected chi connectivity index (χ3v) is 9.35. The van der Waals surface area contributed by atoms with Gasteiger partial charge >= 0.3 is 19.8 Å². The second-order valence-corrected chi connectivity index (χ2v) is 15.8. The minimum absolute atomic E-state index is 0.0981. The Labute approximate surface area is 338 Å². The molecule has 4 N–H and O–H groups in total. The predicted molar refractivity (Wildman–Crippen MR) is 225 cm³/mol. The number of carbonyl (C=O) groups is 2. The summed E-state index contributed by atoms with van der Waals surface area (Å²) in [5.41, 5.74) is 0. The monoisotopic (exact) mass is 811 g/mol. The van der Waals surface area contributed by atoms with Crippen molar-refractivity contribution in [2.24, 2.45) is 5.92 Å². The van der Waals surface area contributed by atoms with E-state index in [1.165, 1.54) is 44.9 Å². The number of esters is 2. The fourth-order valence-corrected chi connectivity index (χ4v) is 5.96. The molecular formula is C44H75O11P. The molecule has 0 radical (unpaired) electrons. The summed E-state index contributed by atoms with van der Waals surface area (Å²) >= 11 is 0. The van der Waals surface area contributed by atoms with Gasteiger partial charge in [-0.2, -0.15) is 0 Å². The minimum atomic E-state index is -4.64. The number of phosphoric acid groups is 1. The Kier molecular flexibility index (Phi) is 36.1. The molecule has 0 aliphatic carbocycles. The van der Waals surface area contributed by atoms with Crippen LogP contribution in [0.3, 0.4) is 0 Å². The van der Waals surface area contributed by atoms with Gasteiger partial charge in [0.05, 0.1) is 25.9 Å². The summed E-state index contributed by atoms with van der Waals surface area (Å²) in [6.45, 7) is 4.35. The van der Waals surface area contributed by atoms with Crippen LogP contribution < -0.4 is 0 Å². The highest BCUT2D eigenvalue weighted by molar-refractivity contribution is 7.47. The lowest BCUT2D eigenvalue weighted by atomic mass is 10.0. The van der Waals surface area contributed by atoms with E-state index in [1.54, 1.807) is 6.08 Å². The van der Waals surface area contributed by atoms with Gasteiger partial charge in [0, 0.05) is 12.8 Å². The predicted octanol–water partition coefficient (Wildman–Crippen LogP) is 9.71. The van der Waals surface area contributed by atoms with Gasteiger partial charge in [0.1, 0.15) is 12.7 Å². The molecule has 56 heavy (non-hydrogen) atoms. The molecule has 2 unspecified atom stereocenters. The third-order valence-electron chi connectivity index (χ3n) is 8.40. The first-order valence-electron chi connectivity index (χ1n) is 20.9. The summed E-state index contributed by atoms with van der Waals surface area (Å²) in [4.78, 5) is 34.9. The quantitative estimate of drug-likeness (QED) is 0.0155. The minimum Gasteiger partial charge on any atom is -0.462 e. The van der Waals surface area contributed by atoms with E-state index in [1.807, 2.05) is 48.6 Å². The van der Waals surface area contributed by atoms with Crippen LogP contribution in [0.1, 0.15) is 143 Å². The molecular weight excluding hydrogens is 735 g/mol. The van der Waals surface area contributed by atoms with Crippen molar-refractivity contribution < 1.29 is 52.9 Å². The van der Waals surface area contributed by atoms with Crippen LogP contribution in [0, 0.1) is 5.92 Å². The highest BCUT2D eigenvalue weighted by atomic mass is 31.2. The Bertz CT molecular complexity index is 1190. The average Bonchev–Trinajstić information content (AvgIpc) is 3.16. The largest absolute Gasteiger partial charge is 0.472 e. The molecule has 0 aliphatic heterocycles. The van der Waals surface area contributed by atoms with Gasteiger partial charge < -0.3 is 29.7 Å². The summed E-state index contributed by atoms with van der Waals surface area (Å²) < 4.78 is 32.6.